The molecule has 1 fully saturated rings. The molecular formula is C13H22N4. The van der Waals surface area contributed by atoms with Gasteiger partial charge in [-0.3, -0.25) is 4.90 Å². The van der Waals surface area contributed by atoms with E-state index in [9.17, 15) is 0 Å². The van der Waals surface area contributed by atoms with Crippen molar-refractivity contribution >= 4 is 5.82 Å². The van der Waals surface area contributed by atoms with Gasteiger partial charge in [-0.2, -0.15) is 0 Å². The van der Waals surface area contributed by atoms with Gasteiger partial charge in [-0.05, 0) is 42.5 Å². The molecule has 94 valence electrons. The van der Waals surface area contributed by atoms with E-state index in [0.717, 1.165) is 24.2 Å². The summed E-state index contributed by atoms with van der Waals surface area (Å²) in [4.78, 5) is 6.64. The van der Waals surface area contributed by atoms with Gasteiger partial charge in [-0.25, -0.2) is 10.8 Å². The van der Waals surface area contributed by atoms with Gasteiger partial charge in [-0.15, -0.1) is 0 Å². The van der Waals surface area contributed by atoms with Gasteiger partial charge >= 0.3 is 0 Å². The van der Waals surface area contributed by atoms with Gasteiger partial charge in [0.15, 0.2) is 0 Å². The molecular weight excluding hydrogens is 212 g/mol. The number of likely N-dealkylation sites (tertiary alicyclic amines) is 1. The van der Waals surface area contributed by atoms with Crippen LogP contribution in [-0.2, 0) is 6.54 Å². The van der Waals surface area contributed by atoms with Crippen LogP contribution < -0.4 is 11.3 Å². The van der Waals surface area contributed by atoms with E-state index in [1.807, 2.05) is 6.07 Å². The normalized spacial score (nSPS) is 21.1. The molecule has 0 aliphatic carbocycles. The number of aromatic nitrogens is 1. The predicted octanol–water partition coefficient (Wildman–Crippen LogP) is 1.85. The van der Waals surface area contributed by atoms with E-state index in [2.05, 4.69) is 35.2 Å². The first-order valence-corrected chi connectivity index (χ1v) is 6.33. The van der Waals surface area contributed by atoms with Crippen molar-refractivity contribution in [3.8, 4) is 0 Å². The van der Waals surface area contributed by atoms with Crippen molar-refractivity contribution in [2.75, 3.05) is 18.5 Å². The number of anilines is 1. The van der Waals surface area contributed by atoms with Crippen molar-refractivity contribution in [2.45, 2.75) is 26.8 Å². The molecule has 1 saturated heterocycles. The van der Waals surface area contributed by atoms with E-state index in [4.69, 9.17) is 5.84 Å². The standard InChI is InChI=1S/C13H22N4/c1-10(2)12-4-6-17(9-12)8-11-3-5-15-13(7-11)16-14/h3,5,7,10,12H,4,6,8-9,14H2,1-2H3,(H,15,16). The molecule has 4 heteroatoms. The minimum absolute atomic E-state index is 0.738. The van der Waals surface area contributed by atoms with Crippen molar-refractivity contribution in [3.63, 3.8) is 0 Å². The Kier molecular flexibility index (Phi) is 3.97. The summed E-state index contributed by atoms with van der Waals surface area (Å²) in [6, 6.07) is 4.08. The highest BCUT2D eigenvalue weighted by atomic mass is 15.2. The molecule has 1 atom stereocenters. The third-order valence-corrected chi connectivity index (χ3v) is 3.63. The van der Waals surface area contributed by atoms with Crippen LogP contribution >= 0.6 is 0 Å². The lowest BCUT2D eigenvalue weighted by Gasteiger charge is -2.18. The highest BCUT2D eigenvalue weighted by molar-refractivity contribution is 5.35. The molecule has 0 saturated carbocycles. The number of rotatable bonds is 4. The Morgan fingerprint density at radius 2 is 2.41 bits per heavy atom. The fourth-order valence-corrected chi connectivity index (χ4v) is 2.46. The number of pyridine rings is 1. The molecule has 1 aliphatic heterocycles. The summed E-state index contributed by atoms with van der Waals surface area (Å²) < 4.78 is 0. The summed E-state index contributed by atoms with van der Waals surface area (Å²) in [5.74, 6) is 7.74. The topological polar surface area (TPSA) is 54.2 Å². The second kappa shape index (κ2) is 5.47. The molecule has 0 radical (unpaired) electrons. The number of hydrazine groups is 1. The molecule has 1 aromatic heterocycles. The first kappa shape index (κ1) is 12.3. The minimum atomic E-state index is 0.738. The maximum absolute atomic E-state index is 5.36. The van der Waals surface area contributed by atoms with Crippen LogP contribution in [-0.4, -0.2) is 23.0 Å². The Balaban J connectivity index is 1.93. The summed E-state index contributed by atoms with van der Waals surface area (Å²) in [6.45, 7) is 8.05. The third-order valence-electron chi connectivity index (χ3n) is 3.63. The van der Waals surface area contributed by atoms with Gasteiger partial charge in [0.2, 0.25) is 0 Å². The zero-order valence-electron chi connectivity index (χ0n) is 10.7. The van der Waals surface area contributed by atoms with Gasteiger partial charge in [0.1, 0.15) is 5.82 Å². The van der Waals surface area contributed by atoms with Gasteiger partial charge in [0.25, 0.3) is 0 Å². The number of nitrogens with one attached hydrogen (secondary N) is 1. The summed E-state index contributed by atoms with van der Waals surface area (Å²) >= 11 is 0. The summed E-state index contributed by atoms with van der Waals surface area (Å²) in [5.41, 5.74) is 3.86. The highest BCUT2D eigenvalue weighted by Crippen LogP contribution is 2.24. The maximum Gasteiger partial charge on any atom is 0.140 e. The van der Waals surface area contributed by atoms with Gasteiger partial charge in [0.05, 0.1) is 0 Å². The molecule has 1 aromatic rings. The minimum Gasteiger partial charge on any atom is -0.308 e. The van der Waals surface area contributed by atoms with Gasteiger partial charge < -0.3 is 5.43 Å². The average molecular weight is 234 g/mol. The molecule has 1 unspecified atom stereocenters. The van der Waals surface area contributed by atoms with E-state index in [1.165, 1.54) is 25.1 Å². The van der Waals surface area contributed by atoms with Gasteiger partial charge in [0, 0.05) is 19.3 Å². The van der Waals surface area contributed by atoms with Crippen LogP contribution in [0.15, 0.2) is 18.3 Å². The first-order valence-electron chi connectivity index (χ1n) is 6.33. The van der Waals surface area contributed by atoms with E-state index in [-0.39, 0.29) is 0 Å². The lowest BCUT2D eigenvalue weighted by molar-refractivity contribution is 0.297. The monoisotopic (exact) mass is 234 g/mol. The second-order valence-corrected chi connectivity index (χ2v) is 5.22. The molecule has 0 spiro atoms. The highest BCUT2D eigenvalue weighted by Gasteiger charge is 2.24. The van der Waals surface area contributed by atoms with E-state index >= 15 is 0 Å². The molecule has 0 amide bonds. The summed E-state index contributed by atoms with van der Waals surface area (Å²) in [6.07, 6.45) is 3.13. The molecule has 2 heterocycles. The Morgan fingerprint density at radius 3 is 3.06 bits per heavy atom. The number of hydrogen-bond acceptors (Lipinski definition) is 4. The number of nitrogens with zero attached hydrogens (tertiary/aromatic N) is 2. The smallest absolute Gasteiger partial charge is 0.140 e. The van der Waals surface area contributed by atoms with Crippen LogP contribution in [0, 0.1) is 11.8 Å². The predicted molar refractivity (Wildman–Crippen MR) is 70.3 cm³/mol. The molecule has 0 aromatic carbocycles. The van der Waals surface area contributed by atoms with E-state index < -0.39 is 0 Å². The van der Waals surface area contributed by atoms with Crippen molar-refractivity contribution in [1.82, 2.24) is 9.88 Å². The lowest BCUT2D eigenvalue weighted by atomic mass is 9.95. The molecule has 1 aliphatic rings. The fraction of sp³-hybridized carbons (Fsp3) is 0.615. The van der Waals surface area contributed by atoms with Crippen LogP contribution in [0.25, 0.3) is 0 Å². The van der Waals surface area contributed by atoms with Gasteiger partial charge in [-0.1, -0.05) is 13.8 Å². The second-order valence-electron chi connectivity index (χ2n) is 5.22. The zero-order chi connectivity index (χ0) is 12.3. The fourth-order valence-electron chi connectivity index (χ4n) is 2.46. The van der Waals surface area contributed by atoms with Crippen LogP contribution in [0.4, 0.5) is 5.82 Å². The molecule has 3 N–H and O–H groups in total. The molecule has 0 bridgehead atoms. The molecule has 4 nitrogen and oxygen atoms in total. The summed E-state index contributed by atoms with van der Waals surface area (Å²) in [7, 11) is 0. The van der Waals surface area contributed by atoms with Crippen molar-refractivity contribution in [1.29, 1.82) is 0 Å². The zero-order valence-corrected chi connectivity index (χ0v) is 10.7. The quantitative estimate of drug-likeness (QED) is 0.616. The van der Waals surface area contributed by atoms with Crippen molar-refractivity contribution < 1.29 is 0 Å². The van der Waals surface area contributed by atoms with Crippen LogP contribution in [0.2, 0.25) is 0 Å². The van der Waals surface area contributed by atoms with Crippen LogP contribution in [0.3, 0.4) is 0 Å². The van der Waals surface area contributed by atoms with E-state index in [1.54, 1.807) is 6.20 Å². The SMILES string of the molecule is CC(C)C1CCN(Cc2ccnc(NN)c2)C1. The first-order chi connectivity index (χ1) is 8.19. The Morgan fingerprint density at radius 1 is 1.59 bits per heavy atom. The number of nitrogen functional groups attached to an aromatic ring is 1. The van der Waals surface area contributed by atoms with Crippen LogP contribution in [0.5, 0.6) is 0 Å². The van der Waals surface area contributed by atoms with Crippen molar-refractivity contribution in [2.24, 2.45) is 17.7 Å². The maximum atomic E-state index is 5.36. The molecule has 2 rings (SSSR count). The van der Waals surface area contributed by atoms with Crippen molar-refractivity contribution in [3.05, 3.63) is 23.9 Å². The Bertz CT molecular complexity index is 364. The molecule has 17 heavy (non-hydrogen) atoms. The lowest BCUT2D eigenvalue weighted by Crippen LogP contribution is -2.21. The summed E-state index contributed by atoms with van der Waals surface area (Å²) in [5, 5.41) is 0. The number of nitrogens with two attached hydrogens (primary N) is 1. The van der Waals surface area contributed by atoms with Crippen LogP contribution in [0.1, 0.15) is 25.8 Å². The Labute approximate surface area is 103 Å². The van der Waals surface area contributed by atoms with E-state index in [0.29, 0.717) is 0 Å². The number of hydrogen-bond donors (Lipinski definition) is 2. The Hall–Kier alpha value is -1.13. The average Bonchev–Trinajstić information content (AvgIpc) is 2.78. The largest absolute Gasteiger partial charge is 0.308 e. The third kappa shape index (κ3) is 3.17.